The van der Waals surface area contributed by atoms with E-state index < -0.39 is 16.5 Å². The van der Waals surface area contributed by atoms with Gasteiger partial charge in [-0.3, -0.25) is 14.9 Å². The fourth-order valence-electron chi connectivity index (χ4n) is 1.57. The summed E-state index contributed by atoms with van der Waals surface area (Å²) in [5.74, 6) is -0.941. The Balaban J connectivity index is 2.33. The summed E-state index contributed by atoms with van der Waals surface area (Å²) in [5, 5.41) is 22.4. The number of pyridine rings is 1. The number of nitrogens with one attached hydrogen (secondary N) is 1. The maximum Gasteiger partial charge on any atom is 0.296 e. The first-order valence-corrected chi connectivity index (χ1v) is 5.48. The Bertz CT molecular complexity index is 687. The Morgan fingerprint density at radius 2 is 2.15 bits per heavy atom. The molecule has 2 aromatic rings. The number of aromatic hydroxyl groups is 1. The zero-order valence-corrected chi connectivity index (χ0v) is 10.1. The fourth-order valence-corrected chi connectivity index (χ4v) is 1.57. The third-order valence-corrected chi connectivity index (χ3v) is 2.48. The van der Waals surface area contributed by atoms with Crippen molar-refractivity contribution in [1.29, 1.82) is 0 Å². The van der Waals surface area contributed by atoms with E-state index in [4.69, 9.17) is 5.73 Å². The topological polar surface area (TPSA) is 131 Å². The summed E-state index contributed by atoms with van der Waals surface area (Å²) in [6.45, 7) is 0. The standard InChI is InChI=1S/C12H10N4O4/c13-8-2-1-5-14-11(8)12(18)15-9-4-3-7(17)6-10(9)16(19)20/h1-6,17H,13H2,(H,15,18). The number of hydrogen-bond donors (Lipinski definition) is 3. The van der Waals surface area contributed by atoms with Gasteiger partial charge in [0.25, 0.3) is 11.6 Å². The molecule has 20 heavy (non-hydrogen) atoms. The minimum atomic E-state index is -0.711. The largest absolute Gasteiger partial charge is 0.508 e. The number of nitrogens with zero attached hydrogens (tertiary/aromatic N) is 2. The van der Waals surface area contributed by atoms with E-state index in [2.05, 4.69) is 10.3 Å². The molecule has 0 bridgehead atoms. The molecule has 0 aliphatic heterocycles. The number of hydrogen-bond acceptors (Lipinski definition) is 6. The van der Waals surface area contributed by atoms with Crippen LogP contribution >= 0.6 is 0 Å². The molecule has 4 N–H and O–H groups in total. The molecule has 1 aromatic carbocycles. The quantitative estimate of drug-likeness (QED) is 0.441. The molecular formula is C12H10N4O4. The highest BCUT2D eigenvalue weighted by atomic mass is 16.6. The van der Waals surface area contributed by atoms with Crippen molar-refractivity contribution in [2.75, 3.05) is 11.1 Å². The van der Waals surface area contributed by atoms with Gasteiger partial charge < -0.3 is 16.2 Å². The Kier molecular flexibility index (Phi) is 3.47. The van der Waals surface area contributed by atoms with Crippen molar-refractivity contribution in [3.8, 4) is 5.75 Å². The van der Waals surface area contributed by atoms with Crippen LogP contribution in [0.4, 0.5) is 17.1 Å². The first kappa shape index (κ1) is 13.3. The molecule has 0 saturated carbocycles. The summed E-state index contributed by atoms with van der Waals surface area (Å²) in [6.07, 6.45) is 1.39. The predicted octanol–water partition coefficient (Wildman–Crippen LogP) is 1.53. The van der Waals surface area contributed by atoms with Gasteiger partial charge in [-0.25, -0.2) is 4.98 Å². The van der Waals surface area contributed by atoms with E-state index in [0.717, 1.165) is 6.07 Å². The smallest absolute Gasteiger partial charge is 0.296 e. The molecule has 102 valence electrons. The Morgan fingerprint density at radius 3 is 2.80 bits per heavy atom. The van der Waals surface area contributed by atoms with E-state index in [1.807, 2.05) is 0 Å². The summed E-state index contributed by atoms with van der Waals surface area (Å²) in [4.78, 5) is 25.9. The fraction of sp³-hybridized carbons (Fsp3) is 0. The van der Waals surface area contributed by atoms with Gasteiger partial charge in [-0.05, 0) is 24.3 Å². The molecule has 0 atom stereocenters. The molecule has 0 saturated heterocycles. The van der Waals surface area contributed by atoms with E-state index >= 15 is 0 Å². The van der Waals surface area contributed by atoms with Crippen LogP contribution in [-0.4, -0.2) is 20.9 Å². The van der Waals surface area contributed by atoms with E-state index in [1.165, 1.54) is 24.4 Å². The Morgan fingerprint density at radius 1 is 1.40 bits per heavy atom. The highest BCUT2D eigenvalue weighted by molar-refractivity contribution is 6.07. The molecule has 0 spiro atoms. The molecule has 0 unspecified atom stereocenters. The minimum Gasteiger partial charge on any atom is -0.508 e. The van der Waals surface area contributed by atoms with Gasteiger partial charge in [0.05, 0.1) is 16.7 Å². The van der Waals surface area contributed by atoms with Gasteiger partial charge in [0, 0.05) is 6.20 Å². The maximum atomic E-state index is 12.0. The first-order chi connectivity index (χ1) is 9.49. The van der Waals surface area contributed by atoms with Crippen LogP contribution in [0.15, 0.2) is 36.5 Å². The maximum absolute atomic E-state index is 12.0. The number of carbonyl (C=O) groups is 1. The zero-order valence-electron chi connectivity index (χ0n) is 10.1. The van der Waals surface area contributed by atoms with Crippen molar-refractivity contribution >= 4 is 23.0 Å². The number of nitrogen functional groups attached to an aromatic ring is 1. The van der Waals surface area contributed by atoms with Crippen LogP contribution in [-0.2, 0) is 0 Å². The van der Waals surface area contributed by atoms with Gasteiger partial charge in [-0.2, -0.15) is 0 Å². The molecule has 1 heterocycles. The Hall–Kier alpha value is -3.16. The third kappa shape index (κ3) is 2.64. The lowest BCUT2D eigenvalue weighted by atomic mass is 10.2. The number of nitrogens with two attached hydrogens (primary N) is 1. The second-order valence-corrected chi connectivity index (χ2v) is 3.85. The molecule has 1 aromatic heterocycles. The van der Waals surface area contributed by atoms with Crippen molar-refractivity contribution in [3.05, 3.63) is 52.3 Å². The number of rotatable bonds is 3. The summed E-state index contributed by atoms with van der Waals surface area (Å²) >= 11 is 0. The molecule has 1 amide bonds. The number of nitro benzene ring substituents is 1. The average molecular weight is 274 g/mol. The zero-order chi connectivity index (χ0) is 14.7. The van der Waals surface area contributed by atoms with Crippen LogP contribution in [0.1, 0.15) is 10.5 Å². The van der Waals surface area contributed by atoms with Gasteiger partial charge in [-0.15, -0.1) is 0 Å². The van der Waals surface area contributed by atoms with Crippen molar-refractivity contribution in [3.63, 3.8) is 0 Å². The summed E-state index contributed by atoms with van der Waals surface area (Å²) in [7, 11) is 0. The lowest BCUT2D eigenvalue weighted by Gasteiger charge is -2.07. The van der Waals surface area contributed by atoms with Gasteiger partial charge in [-0.1, -0.05) is 0 Å². The number of aromatic nitrogens is 1. The molecule has 0 radical (unpaired) electrons. The van der Waals surface area contributed by atoms with Crippen LogP contribution in [0.5, 0.6) is 5.75 Å². The van der Waals surface area contributed by atoms with Crippen LogP contribution in [0.25, 0.3) is 0 Å². The average Bonchev–Trinajstić information content (AvgIpc) is 2.41. The van der Waals surface area contributed by atoms with Crippen molar-refractivity contribution in [2.45, 2.75) is 0 Å². The SMILES string of the molecule is Nc1cccnc1C(=O)Nc1ccc(O)cc1[N+](=O)[O-]. The van der Waals surface area contributed by atoms with Crippen LogP contribution < -0.4 is 11.1 Å². The van der Waals surface area contributed by atoms with E-state index in [-0.39, 0.29) is 22.8 Å². The van der Waals surface area contributed by atoms with Crippen LogP contribution in [0.2, 0.25) is 0 Å². The number of anilines is 2. The predicted molar refractivity (Wildman–Crippen MR) is 71.4 cm³/mol. The number of nitro groups is 1. The summed E-state index contributed by atoms with van der Waals surface area (Å²) in [5.41, 5.74) is 5.25. The van der Waals surface area contributed by atoms with Crippen LogP contribution in [0, 0.1) is 10.1 Å². The number of benzene rings is 1. The normalized spacial score (nSPS) is 10.0. The molecule has 8 heteroatoms. The van der Waals surface area contributed by atoms with Gasteiger partial charge >= 0.3 is 0 Å². The molecule has 2 rings (SSSR count). The van der Waals surface area contributed by atoms with Gasteiger partial charge in [0.1, 0.15) is 11.4 Å². The number of amides is 1. The molecule has 0 aliphatic carbocycles. The van der Waals surface area contributed by atoms with E-state index in [1.54, 1.807) is 6.07 Å². The monoisotopic (exact) mass is 274 g/mol. The Labute approximate surface area is 113 Å². The van der Waals surface area contributed by atoms with Gasteiger partial charge in [0.2, 0.25) is 0 Å². The highest BCUT2D eigenvalue weighted by Gasteiger charge is 2.19. The number of phenols is 1. The molecular weight excluding hydrogens is 264 g/mol. The second kappa shape index (κ2) is 5.22. The van der Waals surface area contributed by atoms with Crippen LogP contribution in [0.3, 0.4) is 0 Å². The molecule has 0 fully saturated rings. The van der Waals surface area contributed by atoms with E-state index in [9.17, 15) is 20.0 Å². The van der Waals surface area contributed by atoms with Crippen molar-refractivity contribution in [1.82, 2.24) is 4.98 Å². The van der Waals surface area contributed by atoms with Gasteiger partial charge in [0.15, 0.2) is 5.69 Å². The van der Waals surface area contributed by atoms with Crippen molar-refractivity contribution < 1.29 is 14.8 Å². The second-order valence-electron chi connectivity index (χ2n) is 3.85. The third-order valence-electron chi connectivity index (χ3n) is 2.48. The lowest BCUT2D eigenvalue weighted by Crippen LogP contribution is -2.16. The first-order valence-electron chi connectivity index (χ1n) is 5.48. The highest BCUT2D eigenvalue weighted by Crippen LogP contribution is 2.28. The summed E-state index contributed by atoms with van der Waals surface area (Å²) < 4.78 is 0. The number of phenolic OH excluding ortho intramolecular Hbond substituents is 1. The van der Waals surface area contributed by atoms with E-state index in [0.29, 0.717) is 0 Å². The minimum absolute atomic E-state index is 0.0325. The lowest BCUT2D eigenvalue weighted by molar-refractivity contribution is -0.384. The summed E-state index contributed by atoms with van der Waals surface area (Å²) in [6, 6.07) is 6.45. The molecule has 0 aliphatic rings. The molecule has 8 nitrogen and oxygen atoms in total. The number of carbonyl (C=O) groups excluding carboxylic acids is 1. The van der Waals surface area contributed by atoms with Crippen molar-refractivity contribution in [2.24, 2.45) is 0 Å².